The molecule has 0 N–H and O–H groups in total. The highest BCUT2D eigenvalue weighted by molar-refractivity contribution is 7.86. The lowest BCUT2D eigenvalue weighted by molar-refractivity contribution is 0.177. The summed E-state index contributed by atoms with van der Waals surface area (Å²) in [6.45, 7) is 12.4. The summed E-state index contributed by atoms with van der Waals surface area (Å²) < 4.78 is 28.4. The smallest absolute Gasteiger partial charge is 0.282 e. The molecule has 0 atom stereocenters. The molecular weight excluding hydrogens is 276 g/mol. The standard InChI is InChI=1S/C13H26N4O2S/c1-13(2)12-15-6-10-17(11-7-15)20(18,19)16-8-4-14(3)5-9-16/h1,4-12H2,2-3H3. The molecule has 2 rings (SSSR count). The molecule has 2 fully saturated rings. The van der Waals surface area contributed by atoms with Crippen molar-refractivity contribution in [3.05, 3.63) is 12.2 Å². The maximum atomic E-state index is 12.6. The number of hydrogen-bond donors (Lipinski definition) is 0. The van der Waals surface area contributed by atoms with Crippen LogP contribution in [-0.4, -0.2) is 92.8 Å². The van der Waals surface area contributed by atoms with Gasteiger partial charge >= 0.3 is 0 Å². The van der Waals surface area contributed by atoms with E-state index in [4.69, 9.17) is 0 Å². The molecule has 0 saturated carbocycles. The predicted octanol–water partition coefficient (Wildman–Crippen LogP) is -0.328. The molecule has 2 aliphatic rings. The Morgan fingerprint density at radius 1 is 0.950 bits per heavy atom. The maximum Gasteiger partial charge on any atom is 0.282 e. The average Bonchev–Trinajstić information content (AvgIpc) is 2.39. The van der Waals surface area contributed by atoms with Crippen molar-refractivity contribution >= 4 is 10.2 Å². The van der Waals surface area contributed by atoms with Gasteiger partial charge in [0.2, 0.25) is 0 Å². The topological polar surface area (TPSA) is 47.1 Å². The van der Waals surface area contributed by atoms with Crippen molar-refractivity contribution in [3.8, 4) is 0 Å². The van der Waals surface area contributed by atoms with E-state index in [0.717, 1.165) is 38.3 Å². The van der Waals surface area contributed by atoms with Gasteiger partial charge in [-0.3, -0.25) is 4.90 Å². The minimum Gasteiger partial charge on any atom is -0.304 e. The zero-order valence-corrected chi connectivity index (χ0v) is 13.4. The highest BCUT2D eigenvalue weighted by Crippen LogP contribution is 2.14. The van der Waals surface area contributed by atoms with E-state index in [1.165, 1.54) is 0 Å². The Kier molecular flexibility index (Phi) is 5.19. The van der Waals surface area contributed by atoms with E-state index in [1.54, 1.807) is 8.61 Å². The van der Waals surface area contributed by atoms with Gasteiger partial charge in [0.05, 0.1) is 0 Å². The number of piperazine rings is 2. The van der Waals surface area contributed by atoms with Gasteiger partial charge in [-0.25, -0.2) is 0 Å². The third-order valence-electron chi connectivity index (χ3n) is 3.94. The van der Waals surface area contributed by atoms with Gasteiger partial charge in [0.25, 0.3) is 10.2 Å². The lowest BCUT2D eigenvalue weighted by atomic mass is 10.3. The molecule has 6 nitrogen and oxygen atoms in total. The van der Waals surface area contributed by atoms with Crippen LogP contribution in [0, 0.1) is 0 Å². The highest BCUT2D eigenvalue weighted by atomic mass is 32.2. The van der Waals surface area contributed by atoms with E-state index in [2.05, 4.69) is 16.4 Å². The molecule has 0 unspecified atom stereocenters. The largest absolute Gasteiger partial charge is 0.304 e. The zero-order chi connectivity index (χ0) is 14.8. The van der Waals surface area contributed by atoms with Crippen molar-refractivity contribution in [2.24, 2.45) is 0 Å². The average molecular weight is 302 g/mol. The van der Waals surface area contributed by atoms with E-state index in [0.29, 0.717) is 26.2 Å². The predicted molar refractivity (Wildman–Crippen MR) is 80.8 cm³/mol. The minimum absolute atomic E-state index is 0.585. The first-order valence-electron chi connectivity index (χ1n) is 7.20. The fourth-order valence-corrected chi connectivity index (χ4v) is 4.26. The molecule has 0 aliphatic carbocycles. The van der Waals surface area contributed by atoms with E-state index in [-0.39, 0.29) is 0 Å². The van der Waals surface area contributed by atoms with E-state index >= 15 is 0 Å². The molecule has 2 heterocycles. The van der Waals surface area contributed by atoms with E-state index < -0.39 is 10.2 Å². The fraction of sp³-hybridized carbons (Fsp3) is 0.846. The van der Waals surface area contributed by atoms with Crippen LogP contribution in [0.15, 0.2) is 12.2 Å². The fourth-order valence-electron chi connectivity index (χ4n) is 2.68. The number of nitrogens with zero attached hydrogens (tertiary/aromatic N) is 4. The van der Waals surface area contributed by atoms with E-state index in [9.17, 15) is 8.42 Å². The molecule has 2 saturated heterocycles. The molecule has 0 aromatic carbocycles. The number of hydrogen-bond acceptors (Lipinski definition) is 4. The van der Waals surface area contributed by atoms with Crippen LogP contribution in [0.3, 0.4) is 0 Å². The summed E-state index contributed by atoms with van der Waals surface area (Å²) in [6, 6.07) is 0. The lowest BCUT2D eigenvalue weighted by Gasteiger charge is -2.39. The summed E-state index contributed by atoms with van der Waals surface area (Å²) in [4.78, 5) is 4.43. The van der Waals surface area contributed by atoms with Gasteiger partial charge in [0.1, 0.15) is 0 Å². The van der Waals surface area contributed by atoms with Crippen LogP contribution in [0.4, 0.5) is 0 Å². The molecule has 0 bridgehead atoms. The molecule has 2 aliphatic heterocycles. The van der Waals surface area contributed by atoms with Gasteiger partial charge in [-0.15, -0.1) is 0 Å². The molecule has 0 amide bonds. The van der Waals surface area contributed by atoms with Crippen LogP contribution in [0.1, 0.15) is 6.92 Å². The Hall–Kier alpha value is -0.470. The number of likely N-dealkylation sites (N-methyl/N-ethyl adjacent to an activating group) is 1. The lowest BCUT2D eigenvalue weighted by Crippen LogP contribution is -2.56. The Labute approximate surface area is 122 Å². The molecular formula is C13H26N4O2S. The first kappa shape index (κ1) is 15.9. The summed E-state index contributed by atoms with van der Waals surface area (Å²) >= 11 is 0. The highest BCUT2D eigenvalue weighted by Gasteiger charge is 2.33. The van der Waals surface area contributed by atoms with E-state index in [1.807, 2.05) is 14.0 Å². The summed E-state index contributed by atoms with van der Waals surface area (Å²) in [5.74, 6) is 0. The Morgan fingerprint density at radius 2 is 1.40 bits per heavy atom. The summed E-state index contributed by atoms with van der Waals surface area (Å²) in [6.07, 6.45) is 0. The van der Waals surface area contributed by atoms with Crippen LogP contribution < -0.4 is 0 Å². The van der Waals surface area contributed by atoms with Gasteiger partial charge in [0, 0.05) is 58.9 Å². The van der Waals surface area contributed by atoms with Gasteiger partial charge in [-0.1, -0.05) is 12.2 Å². The third-order valence-corrected chi connectivity index (χ3v) is 5.98. The van der Waals surface area contributed by atoms with Gasteiger partial charge < -0.3 is 4.90 Å². The zero-order valence-electron chi connectivity index (χ0n) is 12.6. The van der Waals surface area contributed by atoms with Crippen molar-refractivity contribution < 1.29 is 8.42 Å². The maximum absolute atomic E-state index is 12.6. The first-order chi connectivity index (χ1) is 9.39. The molecule has 7 heteroatoms. The van der Waals surface area contributed by atoms with Crippen molar-refractivity contribution in [2.45, 2.75) is 6.92 Å². The second-order valence-corrected chi connectivity index (χ2v) is 7.77. The quantitative estimate of drug-likeness (QED) is 0.668. The molecule has 0 radical (unpaired) electrons. The van der Waals surface area contributed by atoms with Gasteiger partial charge in [-0.2, -0.15) is 17.0 Å². The van der Waals surface area contributed by atoms with Crippen LogP contribution >= 0.6 is 0 Å². The van der Waals surface area contributed by atoms with Crippen LogP contribution in [0.5, 0.6) is 0 Å². The molecule has 0 spiro atoms. The Balaban J connectivity index is 1.90. The SMILES string of the molecule is C=C(C)CN1CCN(S(=O)(=O)N2CCN(C)CC2)CC1. The first-order valence-corrected chi connectivity index (χ1v) is 8.60. The van der Waals surface area contributed by atoms with Crippen LogP contribution in [-0.2, 0) is 10.2 Å². The van der Waals surface area contributed by atoms with Crippen LogP contribution in [0.25, 0.3) is 0 Å². The van der Waals surface area contributed by atoms with Gasteiger partial charge in [-0.05, 0) is 14.0 Å². The number of rotatable bonds is 4. The van der Waals surface area contributed by atoms with Crippen molar-refractivity contribution in [1.82, 2.24) is 18.4 Å². The van der Waals surface area contributed by atoms with Crippen molar-refractivity contribution in [1.29, 1.82) is 0 Å². The molecule has 20 heavy (non-hydrogen) atoms. The summed E-state index contributed by atoms with van der Waals surface area (Å²) in [5.41, 5.74) is 1.13. The third kappa shape index (κ3) is 3.79. The Bertz CT molecular complexity index is 435. The van der Waals surface area contributed by atoms with Gasteiger partial charge in [0.15, 0.2) is 0 Å². The molecule has 116 valence electrons. The Morgan fingerprint density at radius 3 is 1.85 bits per heavy atom. The second-order valence-electron chi connectivity index (χ2n) is 5.84. The molecule has 0 aromatic heterocycles. The molecule has 0 aromatic rings. The normalized spacial score (nSPS) is 24.9. The minimum atomic E-state index is -3.27. The monoisotopic (exact) mass is 302 g/mol. The summed E-state index contributed by atoms with van der Waals surface area (Å²) in [5, 5.41) is 0. The van der Waals surface area contributed by atoms with Crippen molar-refractivity contribution in [3.63, 3.8) is 0 Å². The van der Waals surface area contributed by atoms with Crippen molar-refractivity contribution in [2.75, 3.05) is 66.0 Å². The van der Waals surface area contributed by atoms with Crippen LogP contribution in [0.2, 0.25) is 0 Å². The summed E-state index contributed by atoms with van der Waals surface area (Å²) in [7, 11) is -1.24. The second kappa shape index (κ2) is 6.53.